The van der Waals surface area contributed by atoms with Gasteiger partial charge >= 0.3 is 6.03 Å². The van der Waals surface area contributed by atoms with Crippen molar-refractivity contribution in [3.8, 4) is 5.75 Å². The zero-order valence-electron chi connectivity index (χ0n) is 20.1. The Morgan fingerprint density at radius 2 is 1.86 bits per heavy atom. The molecule has 2 heterocycles. The van der Waals surface area contributed by atoms with E-state index in [4.69, 9.17) is 16.3 Å². The Morgan fingerprint density at radius 3 is 2.60 bits per heavy atom. The molecule has 0 saturated carbocycles. The number of rotatable bonds is 8. The molecule has 0 atom stereocenters. The number of halogens is 1. The average Bonchev–Trinajstić information content (AvgIpc) is 2.84. The molecule has 1 aliphatic rings. The summed E-state index contributed by atoms with van der Waals surface area (Å²) < 4.78 is 5.98. The summed E-state index contributed by atoms with van der Waals surface area (Å²) in [6.07, 6.45) is 3.75. The van der Waals surface area contributed by atoms with Crippen LogP contribution in [0, 0.1) is 12.8 Å². The Balaban J connectivity index is 1.26. The lowest BCUT2D eigenvalue weighted by atomic mass is 9.98. The molecule has 1 fully saturated rings. The van der Waals surface area contributed by atoms with Gasteiger partial charge in [0.15, 0.2) is 0 Å². The molecule has 0 radical (unpaired) electrons. The second-order valence-electron chi connectivity index (χ2n) is 8.84. The lowest BCUT2D eigenvalue weighted by molar-refractivity contribution is 0.160. The van der Waals surface area contributed by atoms with Crippen molar-refractivity contribution < 1.29 is 9.53 Å². The number of nitrogens with zero attached hydrogens (tertiary/aromatic N) is 3. The number of amides is 2. The summed E-state index contributed by atoms with van der Waals surface area (Å²) in [5.41, 5.74) is 2.76. The van der Waals surface area contributed by atoms with Crippen LogP contribution in [-0.4, -0.2) is 47.6 Å². The monoisotopic (exact) mass is 494 g/mol. The molecule has 0 aliphatic carbocycles. The maximum Gasteiger partial charge on any atom is 0.320 e. The minimum absolute atomic E-state index is 0.319. The Hall–Kier alpha value is -3.36. The van der Waals surface area contributed by atoms with Crippen LogP contribution in [-0.2, 0) is 6.54 Å². The first-order chi connectivity index (χ1) is 17.0. The molecule has 2 amide bonds. The molecule has 9 heteroatoms. The molecular formula is C26H31ClN6O2. The molecule has 1 aromatic heterocycles. The third kappa shape index (κ3) is 7.31. The minimum Gasteiger partial charge on any atom is -0.493 e. The van der Waals surface area contributed by atoms with Crippen molar-refractivity contribution >= 4 is 35.0 Å². The number of carbonyl (C=O) groups excluding carboxylic acids is 1. The predicted octanol–water partition coefficient (Wildman–Crippen LogP) is 5.22. The van der Waals surface area contributed by atoms with Crippen LogP contribution in [0.4, 0.5) is 22.1 Å². The summed E-state index contributed by atoms with van der Waals surface area (Å²) >= 11 is 6.23. The highest BCUT2D eigenvalue weighted by Crippen LogP contribution is 2.23. The summed E-state index contributed by atoms with van der Waals surface area (Å²) in [7, 11) is 2.16. The number of benzene rings is 2. The first-order valence-corrected chi connectivity index (χ1v) is 12.1. The highest BCUT2D eigenvalue weighted by molar-refractivity contribution is 6.31. The largest absolute Gasteiger partial charge is 0.493 e. The molecule has 1 saturated heterocycles. The molecule has 184 valence electrons. The van der Waals surface area contributed by atoms with Crippen molar-refractivity contribution in [3.63, 3.8) is 0 Å². The second-order valence-corrected chi connectivity index (χ2v) is 9.25. The van der Waals surface area contributed by atoms with E-state index >= 15 is 0 Å². The molecule has 2 aromatic carbocycles. The maximum absolute atomic E-state index is 12.3. The summed E-state index contributed by atoms with van der Waals surface area (Å²) in [6, 6.07) is 14.7. The number of likely N-dealkylation sites (tertiary alicyclic amines) is 1. The van der Waals surface area contributed by atoms with Gasteiger partial charge in [0.1, 0.15) is 23.7 Å². The van der Waals surface area contributed by atoms with E-state index in [1.54, 1.807) is 12.1 Å². The number of aryl methyl sites for hydroxylation is 1. The van der Waals surface area contributed by atoms with Crippen LogP contribution in [0.3, 0.4) is 0 Å². The van der Waals surface area contributed by atoms with E-state index in [1.165, 1.54) is 19.2 Å². The highest BCUT2D eigenvalue weighted by atomic mass is 35.5. The number of urea groups is 1. The number of anilines is 3. The zero-order chi connectivity index (χ0) is 24.6. The average molecular weight is 495 g/mol. The number of hydrogen-bond acceptors (Lipinski definition) is 6. The zero-order valence-corrected chi connectivity index (χ0v) is 20.8. The van der Waals surface area contributed by atoms with Crippen molar-refractivity contribution in [1.29, 1.82) is 0 Å². The molecule has 8 nitrogen and oxygen atoms in total. The van der Waals surface area contributed by atoms with Gasteiger partial charge in [0.2, 0.25) is 0 Å². The number of ether oxygens (including phenoxy) is 1. The summed E-state index contributed by atoms with van der Waals surface area (Å²) in [5.74, 6) is 2.41. The normalized spacial score (nSPS) is 14.4. The molecular weight excluding hydrogens is 464 g/mol. The van der Waals surface area contributed by atoms with Gasteiger partial charge in [-0.15, -0.1) is 0 Å². The summed E-state index contributed by atoms with van der Waals surface area (Å²) in [6.45, 7) is 5.29. The number of carbonyl (C=O) groups is 1. The molecule has 0 spiro atoms. The third-order valence-electron chi connectivity index (χ3n) is 6.14. The molecule has 3 aromatic rings. The van der Waals surface area contributed by atoms with Gasteiger partial charge in [-0.2, -0.15) is 0 Å². The fraction of sp³-hybridized carbons (Fsp3) is 0.346. The van der Waals surface area contributed by atoms with Gasteiger partial charge in [0, 0.05) is 23.3 Å². The number of nitrogens with one attached hydrogen (secondary N) is 3. The molecule has 1 aliphatic heterocycles. The van der Waals surface area contributed by atoms with Crippen LogP contribution in [0.25, 0.3) is 0 Å². The van der Waals surface area contributed by atoms with Gasteiger partial charge < -0.3 is 20.3 Å². The van der Waals surface area contributed by atoms with Crippen LogP contribution in [0.2, 0.25) is 5.02 Å². The van der Waals surface area contributed by atoms with Gasteiger partial charge in [-0.25, -0.2) is 14.8 Å². The lowest BCUT2D eigenvalue weighted by Crippen LogP contribution is -2.32. The van der Waals surface area contributed by atoms with E-state index in [0.29, 0.717) is 29.1 Å². The van der Waals surface area contributed by atoms with E-state index in [-0.39, 0.29) is 6.03 Å². The summed E-state index contributed by atoms with van der Waals surface area (Å²) in [4.78, 5) is 23.1. The van der Waals surface area contributed by atoms with Crippen LogP contribution < -0.4 is 20.7 Å². The van der Waals surface area contributed by atoms with Crippen LogP contribution in [0.15, 0.2) is 54.9 Å². The van der Waals surface area contributed by atoms with E-state index in [1.807, 2.05) is 43.3 Å². The van der Waals surface area contributed by atoms with Gasteiger partial charge in [0.25, 0.3) is 0 Å². The van der Waals surface area contributed by atoms with E-state index < -0.39 is 0 Å². The fourth-order valence-electron chi connectivity index (χ4n) is 3.94. The Bertz CT molecular complexity index is 1110. The van der Waals surface area contributed by atoms with Gasteiger partial charge in [-0.05, 0) is 87.3 Å². The van der Waals surface area contributed by atoms with Gasteiger partial charge in [-0.1, -0.05) is 23.7 Å². The SMILES string of the molecule is Cc1cccc(Cl)c1CNC(=O)Nc1cc(Nc2ccc(OCC3CCN(C)CC3)cc2)ncn1. The van der Waals surface area contributed by atoms with E-state index in [0.717, 1.165) is 42.3 Å². The van der Waals surface area contributed by atoms with Crippen LogP contribution in [0.1, 0.15) is 24.0 Å². The standard InChI is InChI=1S/C26H31ClN6O2/c1-18-4-3-5-23(27)22(18)15-28-26(34)32-25-14-24(29-17-30-25)31-20-6-8-21(9-7-20)35-16-19-10-12-33(2)13-11-19/h3-9,14,17,19H,10-13,15-16H2,1-2H3,(H3,28,29,30,31,32,34). The number of piperidine rings is 1. The smallest absolute Gasteiger partial charge is 0.320 e. The van der Waals surface area contributed by atoms with E-state index in [2.05, 4.69) is 37.9 Å². The molecule has 0 unspecified atom stereocenters. The Morgan fingerprint density at radius 1 is 1.11 bits per heavy atom. The Kier molecular flexibility index (Phi) is 8.39. The van der Waals surface area contributed by atoms with Crippen molar-refractivity contribution in [1.82, 2.24) is 20.2 Å². The molecule has 0 bridgehead atoms. The van der Waals surface area contributed by atoms with Crippen molar-refractivity contribution in [2.75, 3.05) is 37.4 Å². The highest BCUT2D eigenvalue weighted by Gasteiger charge is 2.17. The first-order valence-electron chi connectivity index (χ1n) is 11.8. The van der Waals surface area contributed by atoms with Crippen molar-refractivity contribution in [3.05, 3.63) is 71.0 Å². The van der Waals surface area contributed by atoms with Crippen LogP contribution in [0.5, 0.6) is 5.75 Å². The predicted molar refractivity (Wildman–Crippen MR) is 140 cm³/mol. The first kappa shape index (κ1) is 24.8. The van der Waals surface area contributed by atoms with Crippen molar-refractivity contribution in [2.45, 2.75) is 26.3 Å². The maximum atomic E-state index is 12.3. The topological polar surface area (TPSA) is 91.4 Å². The van der Waals surface area contributed by atoms with Gasteiger partial charge in [-0.3, -0.25) is 5.32 Å². The van der Waals surface area contributed by atoms with Crippen LogP contribution >= 0.6 is 11.6 Å². The molecule has 3 N–H and O–H groups in total. The quantitative estimate of drug-likeness (QED) is 0.397. The van der Waals surface area contributed by atoms with E-state index in [9.17, 15) is 4.79 Å². The lowest BCUT2D eigenvalue weighted by Gasteiger charge is -2.28. The third-order valence-corrected chi connectivity index (χ3v) is 6.49. The van der Waals surface area contributed by atoms with Gasteiger partial charge in [0.05, 0.1) is 6.61 Å². The fourth-order valence-corrected chi connectivity index (χ4v) is 4.23. The van der Waals surface area contributed by atoms with Crippen molar-refractivity contribution in [2.24, 2.45) is 5.92 Å². The molecule has 35 heavy (non-hydrogen) atoms. The minimum atomic E-state index is -0.375. The summed E-state index contributed by atoms with van der Waals surface area (Å²) in [5, 5.41) is 9.39. The Labute approximate surface area is 211 Å². The second kappa shape index (κ2) is 11.9. The number of aromatic nitrogens is 2. The number of hydrogen-bond donors (Lipinski definition) is 3. The molecule has 4 rings (SSSR count).